The van der Waals surface area contributed by atoms with E-state index in [1.54, 1.807) is 17.9 Å². The van der Waals surface area contributed by atoms with Gasteiger partial charge in [-0.05, 0) is 31.0 Å². The van der Waals surface area contributed by atoms with E-state index in [4.69, 9.17) is 16.2 Å². The number of hydrogen-bond acceptors (Lipinski definition) is 5. The van der Waals surface area contributed by atoms with Gasteiger partial charge in [0.25, 0.3) is 11.8 Å². The van der Waals surface area contributed by atoms with E-state index in [2.05, 4.69) is 10.4 Å². The lowest BCUT2D eigenvalue weighted by atomic mass is 10.0. The number of hydrogen-bond donors (Lipinski definition) is 3. The first-order valence-corrected chi connectivity index (χ1v) is 9.93. The Morgan fingerprint density at radius 1 is 1.16 bits per heavy atom. The van der Waals surface area contributed by atoms with Crippen LogP contribution in [0.5, 0.6) is 0 Å². The third-order valence-corrected chi connectivity index (χ3v) is 5.09. The molecular formula is C23H27N5O3. The number of nitrogens with two attached hydrogens (primary N) is 2. The molecule has 0 saturated heterocycles. The maximum atomic E-state index is 12.4. The number of carbonyl (C=O) groups is 2. The zero-order valence-electron chi connectivity index (χ0n) is 17.9. The van der Waals surface area contributed by atoms with Crippen molar-refractivity contribution in [2.45, 2.75) is 26.4 Å². The van der Waals surface area contributed by atoms with Gasteiger partial charge in [0, 0.05) is 24.8 Å². The molecule has 1 aromatic heterocycles. The Kier molecular flexibility index (Phi) is 6.71. The average molecular weight is 422 g/mol. The zero-order chi connectivity index (χ0) is 22.5. The van der Waals surface area contributed by atoms with Gasteiger partial charge in [-0.1, -0.05) is 42.5 Å². The molecule has 0 bridgehead atoms. The Morgan fingerprint density at radius 3 is 2.45 bits per heavy atom. The Bertz CT molecular complexity index is 1090. The first-order valence-electron chi connectivity index (χ1n) is 9.93. The summed E-state index contributed by atoms with van der Waals surface area (Å²) < 4.78 is 6.71. The summed E-state index contributed by atoms with van der Waals surface area (Å²) in [6.45, 7) is 4.56. The van der Waals surface area contributed by atoms with Crippen molar-refractivity contribution in [3.63, 3.8) is 0 Å². The molecule has 1 heterocycles. The lowest BCUT2D eigenvalue weighted by Gasteiger charge is -2.12. The second-order valence-electron chi connectivity index (χ2n) is 7.42. The predicted octanol–water partition coefficient (Wildman–Crippen LogP) is 2.68. The molecule has 2 aromatic carbocycles. The van der Waals surface area contributed by atoms with Crippen LogP contribution in [0.3, 0.4) is 0 Å². The quantitative estimate of drug-likeness (QED) is 0.516. The molecule has 3 rings (SSSR count). The standard InChI is InChI=1S/C23H27N5O3/c1-14-6-4-5-7-18(14)23(30)26-12-16-8-10-17(11-9-16)20-19(22(25)29)21(24)28(27-20)15(2)13-31-3/h4-11,15H,12-13,24H2,1-3H3,(H2,25,29)(H,26,30). The summed E-state index contributed by atoms with van der Waals surface area (Å²) in [5.41, 5.74) is 15.5. The van der Waals surface area contributed by atoms with Gasteiger partial charge in [0.2, 0.25) is 0 Å². The molecule has 1 atom stereocenters. The molecule has 31 heavy (non-hydrogen) atoms. The fourth-order valence-corrected chi connectivity index (χ4v) is 3.43. The molecule has 162 valence electrons. The first kappa shape index (κ1) is 22.0. The van der Waals surface area contributed by atoms with E-state index in [0.717, 1.165) is 11.1 Å². The normalized spacial score (nSPS) is 11.8. The minimum Gasteiger partial charge on any atom is -0.383 e. The molecule has 5 N–H and O–H groups in total. The number of ether oxygens (including phenoxy) is 1. The molecular weight excluding hydrogens is 394 g/mol. The summed E-state index contributed by atoms with van der Waals surface area (Å²) in [5, 5.41) is 7.43. The average Bonchev–Trinajstić information content (AvgIpc) is 3.10. The topological polar surface area (TPSA) is 125 Å². The number of aromatic nitrogens is 2. The summed E-state index contributed by atoms with van der Waals surface area (Å²) in [4.78, 5) is 24.4. The number of nitrogens with zero attached hydrogens (tertiary/aromatic N) is 2. The minimum absolute atomic E-state index is 0.128. The maximum Gasteiger partial charge on any atom is 0.254 e. The van der Waals surface area contributed by atoms with E-state index in [0.29, 0.717) is 30.0 Å². The van der Waals surface area contributed by atoms with Crippen molar-refractivity contribution in [2.24, 2.45) is 5.73 Å². The van der Waals surface area contributed by atoms with Gasteiger partial charge in [-0.25, -0.2) is 4.68 Å². The summed E-state index contributed by atoms with van der Waals surface area (Å²) in [5.74, 6) is -0.559. The van der Waals surface area contributed by atoms with Gasteiger partial charge in [-0.2, -0.15) is 5.10 Å². The SMILES string of the molecule is COCC(C)n1nc(-c2ccc(CNC(=O)c3ccccc3C)cc2)c(C(N)=O)c1N. The van der Waals surface area contributed by atoms with Crippen LogP contribution in [0.1, 0.15) is 44.8 Å². The fourth-order valence-electron chi connectivity index (χ4n) is 3.43. The van der Waals surface area contributed by atoms with Gasteiger partial charge < -0.3 is 21.5 Å². The maximum absolute atomic E-state index is 12.4. The molecule has 0 aliphatic heterocycles. The molecule has 0 radical (unpaired) electrons. The molecule has 2 amide bonds. The van der Waals surface area contributed by atoms with Crippen molar-refractivity contribution >= 4 is 17.6 Å². The second kappa shape index (κ2) is 9.44. The summed E-state index contributed by atoms with van der Waals surface area (Å²) in [7, 11) is 1.59. The monoisotopic (exact) mass is 421 g/mol. The molecule has 0 fully saturated rings. The van der Waals surface area contributed by atoms with E-state index in [1.807, 2.05) is 56.3 Å². The number of rotatable bonds is 8. The van der Waals surface area contributed by atoms with Gasteiger partial charge >= 0.3 is 0 Å². The van der Waals surface area contributed by atoms with Crippen LogP contribution in [0, 0.1) is 6.92 Å². The lowest BCUT2D eigenvalue weighted by Crippen LogP contribution is -2.23. The van der Waals surface area contributed by atoms with Gasteiger partial charge in [-0.3, -0.25) is 9.59 Å². The van der Waals surface area contributed by atoms with E-state index < -0.39 is 5.91 Å². The molecule has 0 aliphatic rings. The number of benzene rings is 2. The Labute approximate surface area is 181 Å². The fraction of sp³-hybridized carbons (Fsp3) is 0.261. The summed E-state index contributed by atoms with van der Waals surface area (Å²) in [6, 6.07) is 14.7. The highest BCUT2D eigenvalue weighted by atomic mass is 16.5. The zero-order valence-corrected chi connectivity index (χ0v) is 17.9. The van der Waals surface area contributed by atoms with Gasteiger partial charge in [0.05, 0.1) is 12.6 Å². The van der Waals surface area contributed by atoms with Gasteiger partial charge in [0.15, 0.2) is 0 Å². The van der Waals surface area contributed by atoms with Crippen LogP contribution >= 0.6 is 0 Å². The Hall–Kier alpha value is -3.65. The third kappa shape index (κ3) is 4.75. The van der Waals surface area contributed by atoms with E-state index in [1.165, 1.54) is 0 Å². The van der Waals surface area contributed by atoms with Gasteiger partial charge in [0.1, 0.15) is 17.1 Å². The molecule has 8 nitrogen and oxygen atoms in total. The van der Waals surface area contributed by atoms with Crippen molar-refractivity contribution in [1.82, 2.24) is 15.1 Å². The molecule has 0 spiro atoms. The molecule has 8 heteroatoms. The highest BCUT2D eigenvalue weighted by Crippen LogP contribution is 2.29. The van der Waals surface area contributed by atoms with Crippen LogP contribution in [0.2, 0.25) is 0 Å². The third-order valence-electron chi connectivity index (χ3n) is 5.09. The van der Waals surface area contributed by atoms with Crippen molar-refractivity contribution in [1.29, 1.82) is 0 Å². The minimum atomic E-state index is -0.641. The molecule has 3 aromatic rings. The smallest absolute Gasteiger partial charge is 0.254 e. The Morgan fingerprint density at radius 2 is 1.84 bits per heavy atom. The van der Waals surface area contributed by atoms with Crippen LogP contribution in [0.4, 0.5) is 5.82 Å². The number of amides is 2. The highest BCUT2D eigenvalue weighted by molar-refractivity contribution is 6.03. The van der Waals surface area contributed by atoms with E-state index in [-0.39, 0.29) is 23.3 Å². The molecule has 1 unspecified atom stereocenters. The van der Waals surface area contributed by atoms with Crippen LogP contribution in [0.15, 0.2) is 48.5 Å². The predicted molar refractivity (Wildman–Crippen MR) is 120 cm³/mol. The molecule has 0 saturated carbocycles. The Balaban J connectivity index is 1.80. The number of nitrogen functional groups attached to an aromatic ring is 1. The van der Waals surface area contributed by atoms with Crippen molar-refractivity contribution in [3.05, 3.63) is 70.8 Å². The first-order chi connectivity index (χ1) is 14.8. The van der Waals surface area contributed by atoms with Crippen molar-refractivity contribution in [3.8, 4) is 11.3 Å². The number of aryl methyl sites for hydroxylation is 1. The van der Waals surface area contributed by atoms with E-state index >= 15 is 0 Å². The number of nitrogens with one attached hydrogen (secondary N) is 1. The summed E-state index contributed by atoms with van der Waals surface area (Å²) >= 11 is 0. The van der Waals surface area contributed by atoms with Crippen LogP contribution in [-0.2, 0) is 11.3 Å². The van der Waals surface area contributed by atoms with Gasteiger partial charge in [-0.15, -0.1) is 0 Å². The van der Waals surface area contributed by atoms with Crippen LogP contribution in [0.25, 0.3) is 11.3 Å². The number of primary amides is 1. The number of carbonyl (C=O) groups excluding carboxylic acids is 2. The largest absolute Gasteiger partial charge is 0.383 e. The molecule has 0 aliphatic carbocycles. The highest BCUT2D eigenvalue weighted by Gasteiger charge is 2.23. The van der Waals surface area contributed by atoms with Crippen molar-refractivity contribution in [2.75, 3.05) is 19.5 Å². The van der Waals surface area contributed by atoms with Crippen LogP contribution in [-0.4, -0.2) is 35.3 Å². The van der Waals surface area contributed by atoms with Crippen LogP contribution < -0.4 is 16.8 Å². The summed E-state index contributed by atoms with van der Waals surface area (Å²) in [6.07, 6.45) is 0. The second-order valence-corrected chi connectivity index (χ2v) is 7.42. The lowest BCUT2D eigenvalue weighted by molar-refractivity contribution is 0.0949. The number of anilines is 1. The number of methoxy groups -OCH3 is 1. The van der Waals surface area contributed by atoms with E-state index in [9.17, 15) is 9.59 Å². The van der Waals surface area contributed by atoms with Crippen molar-refractivity contribution < 1.29 is 14.3 Å².